The Bertz CT molecular complexity index is 1000. The Balaban J connectivity index is 2.17. The zero-order valence-electron chi connectivity index (χ0n) is 17.8. The first-order chi connectivity index (χ1) is 15.4. The van der Waals surface area contributed by atoms with Crippen LogP contribution in [-0.2, 0) is 19.1 Å². The highest BCUT2D eigenvalue weighted by Crippen LogP contribution is 2.24. The van der Waals surface area contributed by atoms with Crippen molar-refractivity contribution in [3.8, 4) is 0 Å². The zero-order valence-corrected chi connectivity index (χ0v) is 17.8. The van der Waals surface area contributed by atoms with Gasteiger partial charge in [0.2, 0.25) is 0 Å². The summed E-state index contributed by atoms with van der Waals surface area (Å²) in [6.45, 7) is 3.81. The number of non-ortho nitro benzene ring substituents is 1. The molecule has 2 rings (SSSR count). The van der Waals surface area contributed by atoms with Gasteiger partial charge in [0, 0.05) is 24.8 Å². The van der Waals surface area contributed by atoms with Gasteiger partial charge in [-0.25, -0.2) is 4.79 Å². The van der Waals surface area contributed by atoms with Crippen molar-refractivity contribution in [3.63, 3.8) is 0 Å². The molecule has 1 N–H and O–H groups in total. The van der Waals surface area contributed by atoms with Gasteiger partial charge in [0.1, 0.15) is 5.71 Å². The molecule has 0 saturated carbocycles. The molecule has 0 saturated heterocycles. The topological polar surface area (TPSA) is 132 Å². The van der Waals surface area contributed by atoms with Gasteiger partial charge in [-0.3, -0.25) is 25.3 Å². The molecule has 0 aliphatic heterocycles. The number of nitrogens with zero attached hydrogens (tertiary/aromatic N) is 3. The highest BCUT2D eigenvalue weighted by atomic mass is 16.6. The van der Waals surface area contributed by atoms with E-state index in [-0.39, 0.29) is 37.5 Å². The first kappa shape index (κ1) is 24.2. The van der Waals surface area contributed by atoms with Crippen LogP contribution in [-0.4, -0.2) is 42.0 Å². The van der Waals surface area contributed by atoms with Crippen molar-refractivity contribution in [2.45, 2.75) is 26.7 Å². The second-order valence-corrected chi connectivity index (χ2v) is 6.32. The Morgan fingerprint density at radius 1 is 1.03 bits per heavy atom. The quantitative estimate of drug-likeness (QED) is 0.241. The van der Waals surface area contributed by atoms with Crippen molar-refractivity contribution in [1.29, 1.82) is 0 Å². The van der Waals surface area contributed by atoms with Crippen molar-refractivity contribution in [3.05, 3.63) is 64.2 Å². The summed E-state index contributed by atoms with van der Waals surface area (Å²) in [4.78, 5) is 38.5. The first-order valence-corrected chi connectivity index (χ1v) is 9.97. The van der Waals surface area contributed by atoms with Crippen LogP contribution in [0.1, 0.15) is 32.3 Å². The number of nitrogens with one attached hydrogen (secondary N) is 1. The molecule has 0 aromatic heterocycles. The molecule has 32 heavy (non-hydrogen) atoms. The molecule has 0 heterocycles. The van der Waals surface area contributed by atoms with Crippen LogP contribution < -0.4 is 5.43 Å². The summed E-state index contributed by atoms with van der Waals surface area (Å²) in [5.41, 5.74) is 4.57. The van der Waals surface area contributed by atoms with Crippen molar-refractivity contribution in [2.75, 3.05) is 18.6 Å². The second-order valence-electron chi connectivity index (χ2n) is 6.32. The number of para-hydroxylation sites is 2. The summed E-state index contributed by atoms with van der Waals surface area (Å²) >= 11 is 0. The third-order valence-electron chi connectivity index (χ3n) is 4.05. The van der Waals surface area contributed by atoms with Gasteiger partial charge in [-0.05, 0) is 43.7 Å². The number of anilines is 1. The maximum absolute atomic E-state index is 12.2. The molecule has 2 aromatic rings. The predicted octanol–water partition coefficient (Wildman–Crippen LogP) is 4.02. The summed E-state index contributed by atoms with van der Waals surface area (Å²) < 4.78 is 9.89. The standard InChI is InChI=1S/C22H24N4O6/c1-3-31-21(27)14-13-20(22(28)32-4-2)25-24-19-8-6-5-7-18(19)23-15-16-9-11-17(12-10-16)26(29)30/h5-12,15,24H,3-4,13-14H2,1-2H3/b23-15?,25-20-. The van der Waals surface area contributed by atoms with Crippen molar-refractivity contribution in [2.24, 2.45) is 10.1 Å². The molecule has 10 nitrogen and oxygen atoms in total. The van der Waals surface area contributed by atoms with Crippen LogP contribution in [0, 0.1) is 10.1 Å². The lowest BCUT2D eigenvalue weighted by Gasteiger charge is -2.09. The molecule has 168 valence electrons. The van der Waals surface area contributed by atoms with E-state index in [1.807, 2.05) is 0 Å². The van der Waals surface area contributed by atoms with Crippen LogP contribution >= 0.6 is 0 Å². The SMILES string of the molecule is CCOC(=O)CC/C(=N/Nc1ccccc1N=Cc1ccc([N+](=O)[O-])cc1)C(=O)OCC. The van der Waals surface area contributed by atoms with Crippen LogP contribution in [0.25, 0.3) is 0 Å². The maximum atomic E-state index is 12.2. The van der Waals surface area contributed by atoms with E-state index in [0.29, 0.717) is 16.9 Å². The van der Waals surface area contributed by atoms with Gasteiger partial charge >= 0.3 is 11.9 Å². The fraction of sp³-hybridized carbons (Fsp3) is 0.273. The number of hydrogen-bond acceptors (Lipinski definition) is 9. The average Bonchev–Trinajstić information content (AvgIpc) is 2.79. The monoisotopic (exact) mass is 440 g/mol. The number of esters is 2. The third kappa shape index (κ3) is 7.63. The Morgan fingerprint density at radius 2 is 1.72 bits per heavy atom. The summed E-state index contributed by atoms with van der Waals surface area (Å²) in [6, 6.07) is 13.0. The van der Waals surface area contributed by atoms with Crippen LogP contribution in [0.4, 0.5) is 17.1 Å². The Hall–Kier alpha value is -4.08. The fourth-order valence-corrected chi connectivity index (χ4v) is 2.51. The molecular formula is C22H24N4O6. The lowest BCUT2D eigenvalue weighted by atomic mass is 10.2. The Morgan fingerprint density at radius 3 is 2.38 bits per heavy atom. The highest BCUT2D eigenvalue weighted by molar-refractivity contribution is 6.36. The van der Waals surface area contributed by atoms with E-state index in [1.165, 1.54) is 12.1 Å². The van der Waals surface area contributed by atoms with E-state index < -0.39 is 16.9 Å². The van der Waals surface area contributed by atoms with Gasteiger partial charge < -0.3 is 9.47 Å². The lowest BCUT2D eigenvalue weighted by Crippen LogP contribution is -2.20. The van der Waals surface area contributed by atoms with Crippen LogP contribution in [0.2, 0.25) is 0 Å². The summed E-state index contributed by atoms with van der Waals surface area (Å²) in [6.07, 6.45) is 1.60. The van der Waals surface area contributed by atoms with E-state index in [4.69, 9.17) is 9.47 Å². The van der Waals surface area contributed by atoms with E-state index in [9.17, 15) is 19.7 Å². The molecule has 0 spiro atoms. The van der Waals surface area contributed by atoms with Gasteiger partial charge in [0.05, 0.1) is 35.9 Å². The van der Waals surface area contributed by atoms with Crippen LogP contribution in [0.5, 0.6) is 0 Å². The molecule has 2 aromatic carbocycles. The first-order valence-electron chi connectivity index (χ1n) is 9.97. The molecule has 0 aliphatic carbocycles. The number of carbonyl (C=O) groups is 2. The predicted molar refractivity (Wildman–Crippen MR) is 120 cm³/mol. The summed E-state index contributed by atoms with van der Waals surface area (Å²) in [5.74, 6) is -1.06. The molecule has 0 aliphatic rings. The number of nitro groups is 1. The van der Waals surface area contributed by atoms with Gasteiger partial charge in [-0.15, -0.1) is 0 Å². The molecule has 0 radical (unpaired) electrons. The molecule has 0 bridgehead atoms. The highest BCUT2D eigenvalue weighted by Gasteiger charge is 2.16. The number of benzene rings is 2. The van der Waals surface area contributed by atoms with Crippen LogP contribution in [0.15, 0.2) is 58.6 Å². The van der Waals surface area contributed by atoms with Gasteiger partial charge in [-0.1, -0.05) is 12.1 Å². The summed E-state index contributed by atoms with van der Waals surface area (Å²) in [7, 11) is 0. The molecule has 0 fully saturated rings. The fourth-order valence-electron chi connectivity index (χ4n) is 2.51. The lowest BCUT2D eigenvalue weighted by molar-refractivity contribution is -0.384. The molecule has 0 amide bonds. The van der Waals surface area contributed by atoms with Crippen molar-refractivity contribution in [1.82, 2.24) is 0 Å². The third-order valence-corrected chi connectivity index (χ3v) is 4.05. The summed E-state index contributed by atoms with van der Waals surface area (Å²) in [5, 5.41) is 14.9. The largest absolute Gasteiger partial charge is 0.466 e. The maximum Gasteiger partial charge on any atom is 0.354 e. The number of nitro benzene ring substituents is 1. The van der Waals surface area contributed by atoms with E-state index in [2.05, 4.69) is 15.5 Å². The minimum atomic E-state index is -0.629. The van der Waals surface area contributed by atoms with E-state index >= 15 is 0 Å². The molecular weight excluding hydrogens is 416 g/mol. The number of hydrogen-bond donors (Lipinski definition) is 1. The number of ether oxygens (including phenoxy) is 2. The van der Waals surface area contributed by atoms with Crippen LogP contribution in [0.3, 0.4) is 0 Å². The molecule has 0 unspecified atom stereocenters. The van der Waals surface area contributed by atoms with E-state index in [0.717, 1.165) is 0 Å². The molecule has 10 heteroatoms. The second kappa shape index (κ2) is 12.6. The Kier molecular flexibility index (Phi) is 9.51. The number of rotatable bonds is 11. The zero-order chi connectivity index (χ0) is 23.3. The smallest absolute Gasteiger partial charge is 0.354 e. The van der Waals surface area contributed by atoms with Gasteiger partial charge in [0.25, 0.3) is 5.69 Å². The Labute approximate surface area is 185 Å². The minimum absolute atomic E-state index is 0.00660. The number of aliphatic imine (C=N–C) groups is 1. The van der Waals surface area contributed by atoms with E-state index in [1.54, 1.807) is 56.5 Å². The minimum Gasteiger partial charge on any atom is -0.466 e. The van der Waals surface area contributed by atoms with Gasteiger partial charge in [0.15, 0.2) is 0 Å². The molecule has 0 atom stereocenters. The number of hydrazone groups is 1. The van der Waals surface area contributed by atoms with Crippen molar-refractivity contribution < 1.29 is 24.0 Å². The number of carbonyl (C=O) groups excluding carboxylic acids is 2. The van der Waals surface area contributed by atoms with Crippen molar-refractivity contribution >= 4 is 40.9 Å². The average molecular weight is 440 g/mol. The van der Waals surface area contributed by atoms with Gasteiger partial charge in [-0.2, -0.15) is 5.10 Å². The normalized spacial score (nSPS) is 11.2.